The Bertz CT molecular complexity index is 690. The Morgan fingerprint density at radius 1 is 1.38 bits per heavy atom. The summed E-state index contributed by atoms with van der Waals surface area (Å²) in [5.74, 6) is 1.68. The molecule has 3 heterocycles. The Labute approximate surface area is 161 Å². The zero-order chi connectivity index (χ0) is 17.1. The lowest BCUT2D eigenvalue weighted by Crippen LogP contribution is -2.43. The van der Waals surface area contributed by atoms with E-state index in [-0.39, 0.29) is 11.9 Å². The molecular weight excluding hydrogens is 460 g/mol. The van der Waals surface area contributed by atoms with Crippen molar-refractivity contribution in [2.24, 2.45) is 0 Å². The first-order chi connectivity index (χ1) is 11.5. The highest BCUT2D eigenvalue weighted by atomic mass is 79.9. The van der Waals surface area contributed by atoms with Gasteiger partial charge in [0.05, 0.1) is 27.9 Å². The van der Waals surface area contributed by atoms with Gasteiger partial charge >= 0.3 is 0 Å². The van der Waals surface area contributed by atoms with Gasteiger partial charge in [0, 0.05) is 24.1 Å². The summed E-state index contributed by atoms with van der Waals surface area (Å²) in [5, 5.41) is 3.03. The van der Waals surface area contributed by atoms with E-state index in [0.717, 1.165) is 32.9 Å². The number of thiophene rings is 1. The third-order valence-corrected chi connectivity index (χ3v) is 7.16. The van der Waals surface area contributed by atoms with E-state index >= 15 is 0 Å². The number of nitrogens with zero attached hydrogens (tertiary/aromatic N) is 1. The summed E-state index contributed by atoms with van der Waals surface area (Å²) in [6.07, 6.45) is 0. The van der Waals surface area contributed by atoms with E-state index in [9.17, 15) is 4.79 Å². The molecule has 1 aliphatic rings. The van der Waals surface area contributed by atoms with Crippen LogP contribution in [0.1, 0.15) is 27.2 Å². The van der Waals surface area contributed by atoms with E-state index in [1.807, 2.05) is 25.1 Å². The van der Waals surface area contributed by atoms with Gasteiger partial charge in [-0.3, -0.25) is 9.69 Å². The van der Waals surface area contributed by atoms with Crippen LogP contribution in [0.5, 0.6) is 0 Å². The summed E-state index contributed by atoms with van der Waals surface area (Å²) >= 11 is 8.24. The minimum atomic E-state index is -0.0760. The van der Waals surface area contributed by atoms with Gasteiger partial charge in [0.25, 0.3) is 5.91 Å². The number of amides is 1. The minimum absolute atomic E-state index is 0.0124. The summed E-state index contributed by atoms with van der Waals surface area (Å²) in [4.78, 5) is 15.4. The van der Waals surface area contributed by atoms with Gasteiger partial charge in [-0.25, -0.2) is 0 Å². The molecule has 130 valence electrons. The largest absolute Gasteiger partial charge is 0.465 e. The summed E-state index contributed by atoms with van der Waals surface area (Å²) in [6.45, 7) is 5.49. The Hall–Kier alpha value is -0.670. The van der Waals surface area contributed by atoms with Gasteiger partial charge < -0.3 is 14.5 Å². The number of halogens is 2. The second-order valence-corrected chi connectivity index (χ2v) is 8.78. The third-order valence-electron chi connectivity index (χ3n) is 3.90. The summed E-state index contributed by atoms with van der Waals surface area (Å²) in [7, 11) is 0. The van der Waals surface area contributed by atoms with Crippen LogP contribution >= 0.6 is 43.2 Å². The van der Waals surface area contributed by atoms with Crippen LogP contribution in [-0.4, -0.2) is 43.7 Å². The maximum absolute atomic E-state index is 12.4. The molecule has 2 aromatic heterocycles. The van der Waals surface area contributed by atoms with Gasteiger partial charge in [0.2, 0.25) is 0 Å². The van der Waals surface area contributed by atoms with Crippen molar-refractivity contribution in [1.82, 2.24) is 10.2 Å². The van der Waals surface area contributed by atoms with Crippen LogP contribution in [0.3, 0.4) is 0 Å². The highest BCUT2D eigenvalue weighted by Gasteiger charge is 2.26. The molecule has 0 aliphatic carbocycles. The highest BCUT2D eigenvalue weighted by Crippen LogP contribution is 2.32. The molecule has 1 aliphatic heterocycles. The number of nitrogens with one attached hydrogen (secondary N) is 1. The van der Waals surface area contributed by atoms with Crippen molar-refractivity contribution in [3.63, 3.8) is 0 Å². The van der Waals surface area contributed by atoms with Gasteiger partial charge in [-0.05, 0) is 57.0 Å². The number of ether oxygens (including phenoxy) is 1. The molecule has 1 saturated heterocycles. The Morgan fingerprint density at radius 2 is 2.12 bits per heavy atom. The van der Waals surface area contributed by atoms with Crippen molar-refractivity contribution >= 4 is 49.1 Å². The number of carbonyl (C=O) groups excluding carboxylic acids is 1. The number of rotatable bonds is 5. The molecule has 1 fully saturated rings. The van der Waals surface area contributed by atoms with E-state index in [4.69, 9.17) is 9.15 Å². The van der Waals surface area contributed by atoms with Gasteiger partial charge in [0.1, 0.15) is 11.5 Å². The molecule has 0 saturated carbocycles. The summed E-state index contributed by atoms with van der Waals surface area (Å²) in [5.41, 5.74) is 0. The van der Waals surface area contributed by atoms with Crippen molar-refractivity contribution in [3.05, 3.63) is 42.9 Å². The molecule has 0 aromatic carbocycles. The van der Waals surface area contributed by atoms with Crippen LogP contribution in [-0.2, 0) is 4.74 Å². The molecule has 8 heteroatoms. The summed E-state index contributed by atoms with van der Waals surface area (Å²) < 4.78 is 13.1. The second-order valence-electron chi connectivity index (χ2n) is 5.55. The molecule has 0 spiro atoms. The maximum Gasteiger partial charge on any atom is 0.261 e. The van der Waals surface area contributed by atoms with Gasteiger partial charge in [-0.2, -0.15) is 0 Å². The van der Waals surface area contributed by atoms with Crippen molar-refractivity contribution in [1.29, 1.82) is 0 Å². The lowest BCUT2D eigenvalue weighted by Gasteiger charge is -2.33. The van der Waals surface area contributed by atoms with Gasteiger partial charge in [-0.1, -0.05) is 0 Å². The predicted octanol–water partition coefficient (Wildman–Crippen LogP) is 3.98. The number of hydrogen-bond donors (Lipinski definition) is 1. The fraction of sp³-hybridized carbons (Fsp3) is 0.438. The van der Waals surface area contributed by atoms with E-state index in [0.29, 0.717) is 24.6 Å². The average Bonchev–Trinajstić information content (AvgIpc) is 3.15. The minimum Gasteiger partial charge on any atom is -0.465 e. The quantitative estimate of drug-likeness (QED) is 0.707. The molecule has 0 bridgehead atoms. The van der Waals surface area contributed by atoms with E-state index in [2.05, 4.69) is 42.1 Å². The normalized spacial score (nSPS) is 17.0. The SMILES string of the molecule is Cc1ccc(C(CNC(=O)c2cc(Br)c(Br)s2)N2CCOCC2)o1. The number of carbonyl (C=O) groups is 1. The molecule has 1 N–H and O–H groups in total. The van der Waals surface area contributed by atoms with Crippen LogP contribution in [0.25, 0.3) is 0 Å². The van der Waals surface area contributed by atoms with Crippen molar-refractivity contribution < 1.29 is 13.9 Å². The van der Waals surface area contributed by atoms with Crippen LogP contribution in [0, 0.1) is 6.92 Å². The maximum atomic E-state index is 12.4. The second kappa shape index (κ2) is 8.14. The van der Waals surface area contributed by atoms with Crippen molar-refractivity contribution in [3.8, 4) is 0 Å². The molecule has 1 amide bonds. The topological polar surface area (TPSA) is 54.7 Å². The number of furan rings is 1. The van der Waals surface area contributed by atoms with Gasteiger partial charge in [0.15, 0.2) is 0 Å². The first kappa shape index (κ1) is 18.1. The number of hydrogen-bond acceptors (Lipinski definition) is 5. The van der Waals surface area contributed by atoms with E-state index in [1.165, 1.54) is 11.3 Å². The van der Waals surface area contributed by atoms with Crippen molar-refractivity contribution in [2.75, 3.05) is 32.8 Å². The number of aryl methyl sites for hydroxylation is 1. The van der Waals surface area contributed by atoms with Crippen LogP contribution < -0.4 is 5.32 Å². The molecule has 2 aromatic rings. The zero-order valence-corrected chi connectivity index (χ0v) is 17.2. The van der Waals surface area contributed by atoms with Crippen LogP contribution in [0.15, 0.2) is 30.9 Å². The van der Waals surface area contributed by atoms with Gasteiger partial charge in [-0.15, -0.1) is 11.3 Å². The Balaban J connectivity index is 1.70. The molecule has 0 radical (unpaired) electrons. The van der Waals surface area contributed by atoms with E-state index < -0.39 is 0 Å². The highest BCUT2D eigenvalue weighted by molar-refractivity contribution is 9.13. The first-order valence-corrected chi connectivity index (χ1v) is 10.1. The first-order valence-electron chi connectivity index (χ1n) is 7.66. The Morgan fingerprint density at radius 3 is 2.71 bits per heavy atom. The summed E-state index contributed by atoms with van der Waals surface area (Å²) in [6, 6.07) is 5.78. The predicted molar refractivity (Wildman–Crippen MR) is 101 cm³/mol. The number of morpholine rings is 1. The fourth-order valence-electron chi connectivity index (χ4n) is 2.67. The molecule has 3 rings (SSSR count). The van der Waals surface area contributed by atoms with E-state index in [1.54, 1.807) is 0 Å². The van der Waals surface area contributed by atoms with Crippen molar-refractivity contribution in [2.45, 2.75) is 13.0 Å². The molecule has 24 heavy (non-hydrogen) atoms. The molecule has 5 nitrogen and oxygen atoms in total. The monoisotopic (exact) mass is 476 g/mol. The molecular formula is C16H18Br2N2O3S. The lowest BCUT2D eigenvalue weighted by atomic mass is 10.1. The zero-order valence-electron chi connectivity index (χ0n) is 13.2. The van der Waals surface area contributed by atoms with Crippen LogP contribution in [0.4, 0.5) is 0 Å². The van der Waals surface area contributed by atoms with Crippen LogP contribution in [0.2, 0.25) is 0 Å². The molecule has 1 unspecified atom stereocenters. The third kappa shape index (κ3) is 4.29. The Kier molecular flexibility index (Phi) is 6.15. The standard InChI is InChI=1S/C16H18Br2N2O3S/c1-10-2-3-13(23-10)12(20-4-6-22-7-5-20)9-19-16(21)14-8-11(17)15(18)24-14/h2-3,8,12H,4-7,9H2,1H3,(H,19,21). The fourth-order valence-corrected chi connectivity index (χ4v) is 4.62. The smallest absolute Gasteiger partial charge is 0.261 e. The lowest BCUT2D eigenvalue weighted by molar-refractivity contribution is 0.0117. The molecule has 1 atom stereocenters. The average molecular weight is 478 g/mol.